The Morgan fingerprint density at radius 3 is 2.82 bits per heavy atom. The molecular formula is C19H25N5O4. The molecule has 1 atom stereocenters. The molecule has 9 nitrogen and oxygen atoms in total. The molecule has 9 heteroatoms. The first-order chi connectivity index (χ1) is 13.5. The fourth-order valence-corrected chi connectivity index (χ4v) is 3.00. The lowest BCUT2D eigenvalue weighted by Crippen LogP contribution is -2.53. The van der Waals surface area contributed by atoms with E-state index in [2.05, 4.69) is 15.3 Å². The normalized spacial score (nSPS) is 15.8. The number of nitrogens with zero attached hydrogens (tertiary/aromatic N) is 5. The Kier molecular flexibility index (Phi) is 6.57. The van der Waals surface area contributed by atoms with Gasteiger partial charge in [-0.05, 0) is 25.7 Å². The molecule has 1 amide bonds. The Labute approximate surface area is 163 Å². The number of carbonyl (C=O) groups is 2. The summed E-state index contributed by atoms with van der Waals surface area (Å²) in [7, 11) is 0. The summed E-state index contributed by atoms with van der Waals surface area (Å²) in [5.74, 6) is 0.452. The van der Waals surface area contributed by atoms with E-state index in [4.69, 9.17) is 9.47 Å². The number of hydrogen-bond acceptors (Lipinski definition) is 7. The maximum absolute atomic E-state index is 11.4. The van der Waals surface area contributed by atoms with Crippen molar-refractivity contribution in [3.8, 4) is 11.4 Å². The number of amides is 1. The number of hydrogen-bond donors (Lipinski definition) is 0. The molecule has 1 fully saturated rings. The molecule has 0 aromatic carbocycles. The van der Waals surface area contributed by atoms with Crippen molar-refractivity contribution in [2.45, 2.75) is 45.6 Å². The molecule has 3 heterocycles. The van der Waals surface area contributed by atoms with Crippen molar-refractivity contribution in [2.24, 2.45) is 0 Å². The number of esters is 1. The molecule has 1 saturated heterocycles. The van der Waals surface area contributed by atoms with Crippen LogP contribution in [0.1, 0.15) is 38.8 Å². The second-order valence-electron chi connectivity index (χ2n) is 6.80. The summed E-state index contributed by atoms with van der Waals surface area (Å²) in [6.45, 7) is 4.66. The van der Waals surface area contributed by atoms with Crippen LogP contribution < -0.4 is 4.74 Å². The summed E-state index contributed by atoms with van der Waals surface area (Å²) in [5.41, 5.74) is 1.62. The van der Waals surface area contributed by atoms with E-state index in [0.29, 0.717) is 19.0 Å². The van der Waals surface area contributed by atoms with Crippen molar-refractivity contribution in [1.82, 2.24) is 24.9 Å². The average Bonchev–Trinajstić information content (AvgIpc) is 3.09. The lowest BCUT2D eigenvalue weighted by atomic mass is 10.0. The van der Waals surface area contributed by atoms with Gasteiger partial charge in [0.1, 0.15) is 12.4 Å². The largest absolute Gasteiger partial charge is 0.490 e. The van der Waals surface area contributed by atoms with Gasteiger partial charge in [0, 0.05) is 26.5 Å². The van der Waals surface area contributed by atoms with Gasteiger partial charge in [0.15, 0.2) is 0 Å². The molecule has 0 saturated carbocycles. The van der Waals surface area contributed by atoms with Crippen molar-refractivity contribution in [3.05, 3.63) is 30.4 Å². The zero-order valence-electron chi connectivity index (χ0n) is 16.2. The van der Waals surface area contributed by atoms with E-state index in [1.54, 1.807) is 24.0 Å². The van der Waals surface area contributed by atoms with Gasteiger partial charge in [-0.1, -0.05) is 5.21 Å². The summed E-state index contributed by atoms with van der Waals surface area (Å²) < 4.78 is 12.4. The Morgan fingerprint density at radius 1 is 1.25 bits per heavy atom. The summed E-state index contributed by atoms with van der Waals surface area (Å²) in [4.78, 5) is 28.2. The van der Waals surface area contributed by atoms with Crippen LogP contribution in [0.5, 0.6) is 5.75 Å². The fraction of sp³-hybridized carbons (Fsp3) is 0.526. The molecule has 1 aliphatic heterocycles. The first-order valence-electron chi connectivity index (χ1n) is 9.43. The highest BCUT2D eigenvalue weighted by atomic mass is 16.5. The summed E-state index contributed by atoms with van der Waals surface area (Å²) in [6, 6.07) is 1.98. The maximum atomic E-state index is 11.4. The average molecular weight is 387 g/mol. The third-order valence-electron chi connectivity index (χ3n) is 4.63. The monoisotopic (exact) mass is 387 g/mol. The van der Waals surface area contributed by atoms with Gasteiger partial charge in [-0.25, -0.2) is 4.68 Å². The topological polar surface area (TPSA) is 99.4 Å². The van der Waals surface area contributed by atoms with Crippen molar-refractivity contribution in [2.75, 3.05) is 19.8 Å². The number of aromatic nitrogens is 4. The third kappa shape index (κ3) is 5.28. The third-order valence-corrected chi connectivity index (χ3v) is 4.63. The highest BCUT2D eigenvalue weighted by Crippen LogP contribution is 2.20. The van der Waals surface area contributed by atoms with Crippen LogP contribution in [0, 0.1) is 0 Å². The Bertz CT molecular complexity index is 822. The molecule has 0 radical (unpaired) electrons. The zero-order chi connectivity index (χ0) is 19.9. The Morgan fingerprint density at radius 2 is 2.11 bits per heavy atom. The highest BCUT2D eigenvalue weighted by Gasteiger charge is 2.30. The Balaban J connectivity index is 1.50. The first-order valence-corrected chi connectivity index (χ1v) is 9.43. The summed E-state index contributed by atoms with van der Waals surface area (Å²) in [6.07, 6.45) is 8.56. The predicted molar refractivity (Wildman–Crippen MR) is 100 cm³/mol. The number of ether oxygens (including phenoxy) is 2. The minimum Gasteiger partial charge on any atom is -0.490 e. The van der Waals surface area contributed by atoms with Gasteiger partial charge in [0.05, 0.1) is 42.6 Å². The minimum absolute atomic E-state index is 0.0785. The van der Waals surface area contributed by atoms with Crippen LogP contribution in [0.15, 0.2) is 24.7 Å². The molecular weight excluding hydrogens is 362 g/mol. The van der Waals surface area contributed by atoms with E-state index in [1.807, 2.05) is 17.2 Å². The van der Waals surface area contributed by atoms with Crippen LogP contribution in [0.2, 0.25) is 0 Å². The van der Waals surface area contributed by atoms with Crippen LogP contribution in [0.4, 0.5) is 0 Å². The van der Waals surface area contributed by atoms with E-state index < -0.39 is 0 Å². The highest BCUT2D eigenvalue weighted by molar-refractivity contribution is 5.74. The molecule has 0 spiro atoms. The summed E-state index contributed by atoms with van der Waals surface area (Å²) in [5, 5.41) is 8.32. The van der Waals surface area contributed by atoms with Crippen molar-refractivity contribution in [3.63, 3.8) is 0 Å². The number of pyridine rings is 1. The van der Waals surface area contributed by atoms with Crippen molar-refractivity contribution < 1.29 is 19.1 Å². The quantitative estimate of drug-likeness (QED) is 0.475. The number of carbonyl (C=O) groups excluding carboxylic acids is 2. The van der Waals surface area contributed by atoms with Gasteiger partial charge >= 0.3 is 5.97 Å². The Hall–Kier alpha value is -2.97. The predicted octanol–water partition coefficient (Wildman–Crippen LogP) is 1.55. The number of unbranched alkanes of at least 4 members (excludes halogenated alkanes) is 1. The molecule has 0 bridgehead atoms. The molecule has 0 N–H and O–H groups in total. The minimum atomic E-state index is -0.258. The maximum Gasteiger partial charge on any atom is 0.302 e. The smallest absolute Gasteiger partial charge is 0.302 e. The molecule has 28 heavy (non-hydrogen) atoms. The van der Waals surface area contributed by atoms with E-state index in [9.17, 15) is 9.59 Å². The fourth-order valence-electron chi connectivity index (χ4n) is 3.00. The van der Waals surface area contributed by atoms with Gasteiger partial charge in [0.2, 0.25) is 5.91 Å². The molecule has 150 valence electrons. The van der Waals surface area contributed by atoms with Crippen molar-refractivity contribution >= 4 is 11.9 Å². The van der Waals surface area contributed by atoms with Gasteiger partial charge in [0.25, 0.3) is 0 Å². The van der Waals surface area contributed by atoms with E-state index in [1.165, 1.54) is 6.92 Å². The summed E-state index contributed by atoms with van der Waals surface area (Å²) >= 11 is 0. The lowest BCUT2D eigenvalue weighted by Gasteiger charge is -2.39. The molecule has 2 aromatic rings. The molecule has 3 rings (SSSR count). The van der Waals surface area contributed by atoms with E-state index in [0.717, 1.165) is 43.6 Å². The molecule has 0 unspecified atom stereocenters. The van der Waals surface area contributed by atoms with E-state index in [-0.39, 0.29) is 17.9 Å². The van der Waals surface area contributed by atoms with Crippen LogP contribution >= 0.6 is 0 Å². The zero-order valence-corrected chi connectivity index (χ0v) is 16.2. The van der Waals surface area contributed by atoms with Crippen LogP contribution in [-0.4, -0.2) is 62.6 Å². The molecule has 0 aliphatic carbocycles. The second kappa shape index (κ2) is 9.29. The molecule has 1 aliphatic rings. The van der Waals surface area contributed by atoms with Crippen LogP contribution in [-0.2, 0) is 20.7 Å². The lowest BCUT2D eigenvalue weighted by molar-refractivity contribution is -0.141. The van der Waals surface area contributed by atoms with Crippen LogP contribution in [0.25, 0.3) is 5.69 Å². The number of likely N-dealkylation sites (tertiary alicyclic amines) is 1. The second-order valence-corrected chi connectivity index (χ2v) is 6.80. The van der Waals surface area contributed by atoms with Gasteiger partial charge in [-0.2, -0.15) is 0 Å². The number of rotatable bonds is 9. The van der Waals surface area contributed by atoms with E-state index >= 15 is 0 Å². The first kappa shape index (κ1) is 19.8. The van der Waals surface area contributed by atoms with Crippen molar-refractivity contribution in [1.29, 1.82) is 0 Å². The number of aryl methyl sites for hydroxylation is 1. The van der Waals surface area contributed by atoms with Crippen LogP contribution in [0.3, 0.4) is 0 Å². The standard InChI is InChI=1S/C19H25N5O4/c1-14(25)23-7-6-17(23)13-28-19-9-18(10-20-11-19)24-12-16(21-22-24)5-3-4-8-27-15(2)26/h9-12,17H,3-8,13H2,1-2H3/t17-/m0/s1. The van der Waals surface area contributed by atoms with Gasteiger partial charge in [-0.15, -0.1) is 5.10 Å². The van der Waals surface area contributed by atoms with Gasteiger partial charge < -0.3 is 14.4 Å². The SMILES string of the molecule is CC(=O)OCCCCc1cn(-c2cncc(OC[C@@H]3CCN3C(C)=O)c2)nn1. The van der Waals surface area contributed by atoms with Gasteiger partial charge in [-0.3, -0.25) is 14.6 Å². The molecule has 2 aromatic heterocycles.